The van der Waals surface area contributed by atoms with Crippen LogP contribution in [-0.2, 0) is 6.61 Å². The first-order valence-electron chi connectivity index (χ1n) is 7.54. The molecule has 3 rings (SSSR count). The van der Waals surface area contributed by atoms with E-state index in [1.807, 2.05) is 12.4 Å². The fourth-order valence-electron chi connectivity index (χ4n) is 2.87. The van der Waals surface area contributed by atoms with Crippen molar-refractivity contribution in [2.24, 2.45) is 0 Å². The average Bonchev–Trinajstić information content (AvgIpc) is 2.96. The number of hydrogen-bond acceptors (Lipinski definition) is 2. The van der Waals surface area contributed by atoms with Crippen LogP contribution in [0, 0.1) is 6.92 Å². The molecule has 1 aromatic heterocycles. The van der Waals surface area contributed by atoms with Crippen LogP contribution in [0.1, 0.15) is 49.3 Å². The number of ether oxygens (including phenoxy) is 1. The summed E-state index contributed by atoms with van der Waals surface area (Å²) in [5.74, 6) is 0.874. The molecule has 1 aliphatic rings. The van der Waals surface area contributed by atoms with Crippen molar-refractivity contribution in [3.8, 4) is 5.75 Å². The van der Waals surface area contributed by atoms with E-state index >= 15 is 0 Å². The number of rotatable bonds is 4. The van der Waals surface area contributed by atoms with Crippen LogP contribution >= 0.6 is 0 Å². The zero-order chi connectivity index (χ0) is 13.8. The molecular formula is C17H22N2O. The Bertz CT molecular complexity index is 556. The van der Waals surface area contributed by atoms with Gasteiger partial charge in [-0.05, 0) is 30.9 Å². The lowest BCUT2D eigenvalue weighted by molar-refractivity contribution is 0.300. The molecule has 1 saturated carbocycles. The number of nitrogens with zero attached hydrogens (tertiary/aromatic N) is 2. The molecule has 106 valence electrons. The van der Waals surface area contributed by atoms with Crippen molar-refractivity contribution in [1.82, 2.24) is 9.78 Å². The lowest BCUT2D eigenvalue weighted by atomic mass is 9.96. The van der Waals surface area contributed by atoms with E-state index in [0.29, 0.717) is 12.6 Å². The Labute approximate surface area is 120 Å². The Morgan fingerprint density at radius 1 is 1.20 bits per heavy atom. The lowest BCUT2D eigenvalue weighted by Crippen LogP contribution is -2.12. The fraction of sp³-hybridized carbons (Fsp3) is 0.471. The van der Waals surface area contributed by atoms with Crippen molar-refractivity contribution in [3.63, 3.8) is 0 Å². The number of aryl methyl sites for hydroxylation is 1. The summed E-state index contributed by atoms with van der Waals surface area (Å²) in [4.78, 5) is 0. The zero-order valence-corrected chi connectivity index (χ0v) is 12.1. The van der Waals surface area contributed by atoms with Gasteiger partial charge in [0.05, 0.1) is 18.4 Å². The number of aromatic nitrogens is 2. The third kappa shape index (κ3) is 3.03. The van der Waals surface area contributed by atoms with E-state index < -0.39 is 0 Å². The average molecular weight is 270 g/mol. The molecule has 2 aromatic rings. The van der Waals surface area contributed by atoms with E-state index in [9.17, 15) is 0 Å². The van der Waals surface area contributed by atoms with E-state index in [2.05, 4.69) is 41.0 Å². The molecule has 1 aliphatic carbocycles. The van der Waals surface area contributed by atoms with Crippen LogP contribution in [0.25, 0.3) is 0 Å². The van der Waals surface area contributed by atoms with Gasteiger partial charge in [-0.25, -0.2) is 0 Å². The van der Waals surface area contributed by atoms with Gasteiger partial charge in [-0.3, -0.25) is 4.68 Å². The summed E-state index contributed by atoms with van der Waals surface area (Å²) >= 11 is 0. The first kappa shape index (κ1) is 13.2. The molecule has 0 saturated heterocycles. The second kappa shape index (κ2) is 6.12. The van der Waals surface area contributed by atoms with Gasteiger partial charge in [-0.2, -0.15) is 5.10 Å². The normalized spacial score (nSPS) is 16.2. The summed E-state index contributed by atoms with van der Waals surface area (Å²) in [5.41, 5.74) is 2.50. The van der Waals surface area contributed by atoms with Crippen LogP contribution in [0.15, 0.2) is 36.7 Å². The van der Waals surface area contributed by atoms with Crippen molar-refractivity contribution >= 4 is 0 Å². The standard InChI is InChI=1S/C17H22N2O/c1-14-7-5-6-8-15(14)13-20-17-11-18-19(12-17)16-9-3-2-4-10-16/h5-8,11-12,16H,2-4,9-10,13H2,1H3. The highest BCUT2D eigenvalue weighted by Crippen LogP contribution is 2.28. The first-order chi connectivity index (χ1) is 9.83. The van der Waals surface area contributed by atoms with Gasteiger partial charge in [0.15, 0.2) is 5.75 Å². The predicted octanol–water partition coefficient (Wildman–Crippen LogP) is 4.28. The summed E-state index contributed by atoms with van der Waals surface area (Å²) in [5, 5.41) is 4.47. The van der Waals surface area contributed by atoms with Crippen LogP contribution in [0.2, 0.25) is 0 Å². The molecular weight excluding hydrogens is 248 g/mol. The Hall–Kier alpha value is -1.77. The van der Waals surface area contributed by atoms with Crippen molar-refractivity contribution in [3.05, 3.63) is 47.8 Å². The zero-order valence-electron chi connectivity index (χ0n) is 12.1. The number of hydrogen-bond donors (Lipinski definition) is 0. The molecule has 0 radical (unpaired) electrons. The van der Waals surface area contributed by atoms with Gasteiger partial charge in [0.25, 0.3) is 0 Å². The molecule has 1 fully saturated rings. The van der Waals surface area contributed by atoms with Crippen molar-refractivity contribution < 1.29 is 4.74 Å². The third-order valence-electron chi connectivity index (χ3n) is 4.18. The predicted molar refractivity (Wildman–Crippen MR) is 79.9 cm³/mol. The Balaban J connectivity index is 1.61. The second-order valence-corrected chi connectivity index (χ2v) is 5.66. The lowest BCUT2D eigenvalue weighted by Gasteiger charge is -2.21. The highest BCUT2D eigenvalue weighted by Gasteiger charge is 2.16. The van der Waals surface area contributed by atoms with Gasteiger partial charge in [-0.1, -0.05) is 43.5 Å². The molecule has 0 aliphatic heterocycles. The SMILES string of the molecule is Cc1ccccc1COc1cnn(C2CCCCC2)c1. The van der Waals surface area contributed by atoms with E-state index in [0.717, 1.165) is 5.75 Å². The first-order valence-corrected chi connectivity index (χ1v) is 7.54. The van der Waals surface area contributed by atoms with Crippen molar-refractivity contribution in [1.29, 1.82) is 0 Å². The third-order valence-corrected chi connectivity index (χ3v) is 4.18. The van der Waals surface area contributed by atoms with Crippen LogP contribution in [0.5, 0.6) is 5.75 Å². The van der Waals surface area contributed by atoms with Crippen molar-refractivity contribution in [2.75, 3.05) is 0 Å². The van der Waals surface area contributed by atoms with Gasteiger partial charge in [-0.15, -0.1) is 0 Å². The molecule has 20 heavy (non-hydrogen) atoms. The Morgan fingerprint density at radius 2 is 2.00 bits per heavy atom. The molecule has 0 bridgehead atoms. The highest BCUT2D eigenvalue weighted by molar-refractivity contribution is 5.25. The van der Waals surface area contributed by atoms with Crippen LogP contribution in [-0.4, -0.2) is 9.78 Å². The van der Waals surface area contributed by atoms with Gasteiger partial charge >= 0.3 is 0 Å². The quantitative estimate of drug-likeness (QED) is 0.829. The summed E-state index contributed by atoms with van der Waals surface area (Å²) in [6.07, 6.45) is 10.4. The Morgan fingerprint density at radius 3 is 2.80 bits per heavy atom. The minimum Gasteiger partial charge on any atom is -0.486 e. The van der Waals surface area contributed by atoms with Gasteiger partial charge in [0, 0.05) is 0 Å². The van der Waals surface area contributed by atoms with Gasteiger partial charge in [0.2, 0.25) is 0 Å². The van der Waals surface area contributed by atoms with E-state index in [-0.39, 0.29) is 0 Å². The van der Waals surface area contributed by atoms with Crippen LogP contribution in [0.3, 0.4) is 0 Å². The number of benzene rings is 1. The van der Waals surface area contributed by atoms with Crippen LogP contribution in [0.4, 0.5) is 0 Å². The largest absolute Gasteiger partial charge is 0.486 e. The summed E-state index contributed by atoms with van der Waals surface area (Å²) in [6.45, 7) is 2.73. The monoisotopic (exact) mass is 270 g/mol. The maximum Gasteiger partial charge on any atom is 0.157 e. The topological polar surface area (TPSA) is 27.1 Å². The molecule has 0 unspecified atom stereocenters. The Kier molecular flexibility index (Phi) is 4.05. The molecule has 3 nitrogen and oxygen atoms in total. The molecule has 1 heterocycles. The molecule has 0 amide bonds. The molecule has 1 aromatic carbocycles. The molecule has 3 heteroatoms. The van der Waals surface area contributed by atoms with E-state index in [4.69, 9.17) is 4.74 Å². The summed E-state index contributed by atoms with van der Waals surface area (Å²) in [6, 6.07) is 8.90. The maximum atomic E-state index is 5.86. The summed E-state index contributed by atoms with van der Waals surface area (Å²) in [7, 11) is 0. The minimum atomic E-state index is 0.569. The molecule has 0 atom stereocenters. The molecule has 0 spiro atoms. The van der Waals surface area contributed by atoms with Crippen LogP contribution < -0.4 is 4.74 Å². The van der Waals surface area contributed by atoms with Gasteiger partial charge < -0.3 is 4.74 Å². The smallest absolute Gasteiger partial charge is 0.157 e. The fourth-order valence-corrected chi connectivity index (χ4v) is 2.87. The molecule has 0 N–H and O–H groups in total. The maximum absolute atomic E-state index is 5.86. The van der Waals surface area contributed by atoms with Gasteiger partial charge in [0.1, 0.15) is 6.61 Å². The van der Waals surface area contributed by atoms with Crippen molar-refractivity contribution in [2.45, 2.75) is 51.7 Å². The minimum absolute atomic E-state index is 0.569. The summed E-state index contributed by atoms with van der Waals surface area (Å²) < 4.78 is 7.95. The van der Waals surface area contributed by atoms with E-state index in [1.54, 1.807) is 0 Å². The highest BCUT2D eigenvalue weighted by atomic mass is 16.5. The second-order valence-electron chi connectivity index (χ2n) is 5.66. The van der Waals surface area contributed by atoms with E-state index in [1.165, 1.54) is 43.2 Å².